The zero-order valence-corrected chi connectivity index (χ0v) is 12.9. The van der Waals surface area contributed by atoms with Crippen molar-refractivity contribution >= 4 is 11.8 Å². The first kappa shape index (κ1) is 13.9. The Bertz CT molecular complexity index is 504. The zero-order chi connectivity index (χ0) is 13.9. The lowest BCUT2D eigenvalue weighted by atomic mass is 9.83. The Labute approximate surface area is 125 Å². The van der Waals surface area contributed by atoms with Crippen LogP contribution in [0, 0.1) is 23.2 Å². The van der Waals surface area contributed by atoms with Crippen molar-refractivity contribution in [3.63, 3.8) is 0 Å². The Morgan fingerprint density at radius 2 is 2.15 bits per heavy atom. The number of nitriles is 1. The number of nitrogens with zero attached hydrogens (tertiary/aromatic N) is 4. The van der Waals surface area contributed by atoms with Crippen molar-refractivity contribution in [1.29, 1.82) is 5.26 Å². The Morgan fingerprint density at radius 1 is 1.25 bits per heavy atom. The molecule has 1 aliphatic heterocycles. The fourth-order valence-electron chi connectivity index (χ4n) is 3.29. The van der Waals surface area contributed by atoms with Crippen LogP contribution in [0.4, 0.5) is 0 Å². The van der Waals surface area contributed by atoms with Gasteiger partial charge in [0.1, 0.15) is 5.82 Å². The summed E-state index contributed by atoms with van der Waals surface area (Å²) in [4.78, 5) is 0. The molecule has 1 saturated carbocycles. The number of fused-ring (bicyclic) bond motifs is 1. The molecule has 1 aromatic heterocycles. The van der Waals surface area contributed by atoms with Gasteiger partial charge in [-0.2, -0.15) is 5.26 Å². The van der Waals surface area contributed by atoms with Gasteiger partial charge < -0.3 is 4.57 Å². The van der Waals surface area contributed by atoms with E-state index in [9.17, 15) is 5.26 Å². The molecule has 108 valence electrons. The first-order valence-corrected chi connectivity index (χ1v) is 8.64. The van der Waals surface area contributed by atoms with Crippen LogP contribution in [0.5, 0.6) is 0 Å². The van der Waals surface area contributed by atoms with E-state index in [-0.39, 0.29) is 5.92 Å². The first-order valence-electron chi connectivity index (χ1n) is 7.76. The van der Waals surface area contributed by atoms with E-state index in [1.807, 2.05) is 0 Å². The molecule has 3 unspecified atom stereocenters. The normalized spacial score (nSPS) is 30.3. The molecule has 0 radical (unpaired) electrons. The largest absolute Gasteiger partial charge is 0.306 e. The molecule has 3 atom stereocenters. The lowest BCUT2D eigenvalue weighted by Gasteiger charge is -2.30. The van der Waals surface area contributed by atoms with Crippen molar-refractivity contribution in [2.45, 2.75) is 68.8 Å². The minimum atomic E-state index is 0.176. The van der Waals surface area contributed by atoms with Crippen LogP contribution in [0.15, 0.2) is 5.16 Å². The minimum Gasteiger partial charge on any atom is -0.306 e. The van der Waals surface area contributed by atoms with Gasteiger partial charge in [-0.3, -0.25) is 0 Å². The minimum absolute atomic E-state index is 0.176. The molecule has 1 aliphatic carbocycles. The van der Waals surface area contributed by atoms with Crippen LogP contribution in [0.2, 0.25) is 0 Å². The van der Waals surface area contributed by atoms with Gasteiger partial charge in [-0.1, -0.05) is 25.1 Å². The molecule has 1 fully saturated rings. The third kappa shape index (κ3) is 2.85. The topological polar surface area (TPSA) is 54.5 Å². The lowest BCUT2D eigenvalue weighted by molar-refractivity contribution is 0.345. The molecule has 0 bridgehead atoms. The zero-order valence-electron chi connectivity index (χ0n) is 12.1. The summed E-state index contributed by atoms with van der Waals surface area (Å²) in [5.74, 6) is 2.04. The molecule has 3 rings (SSSR count). The number of aromatic nitrogens is 3. The number of thioether (sulfide) groups is 1. The van der Waals surface area contributed by atoms with E-state index < -0.39 is 0 Å². The quantitative estimate of drug-likeness (QED) is 0.837. The number of hydrogen-bond donors (Lipinski definition) is 0. The van der Waals surface area contributed by atoms with Gasteiger partial charge in [-0.25, -0.2) is 0 Å². The molecular formula is C15H22N4S. The van der Waals surface area contributed by atoms with Crippen molar-refractivity contribution in [3.05, 3.63) is 5.82 Å². The van der Waals surface area contributed by atoms with Crippen LogP contribution in [0.1, 0.15) is 51.3 Å². The summed E-state index contributed by atoms with van der Waals surface area (Å²) in [5.41, 5.74) is 0. The molecule has 1 aromatic rings. The molecule has 5 heteroatoms. The Kier molecular flexibility index (Phi) is 4.30. The predicted octanol–water partition coefficient (Wildman–Crippen LogP) is 3.42. The van der Waals surface area contributed by atoms with Crippen molar-refractivity contribution in [3.8, 4) is 6.07 Å². The maximum absolute atomic E-state index is 9.35. The Morgan fingerprint density at radius 3 is 3.00 bits per heavy atom. The van der Waals surface area contributed by atoms with Crippen LogP contribution in [0.3, 0.4) is 0 Å². The van der Waals surface area contributed by atoms with Gasteiger partial charge >= 0.3 is 0 Å². The smallest absolute Gasteiger partial charge is 0.191 e. The average Bonchev–Trinajstić information content (AvgIpc) is 2.68. The molecule has 0 N–H and O–H groups in total. The molecule has 2 heterocycles. The standard InChI is InChI=1S/C15H22N4S/c1-11-6-7-12(10-16)13(9-11)20-15-18-17-14-5-3-2-4-8-19(14)15/h11-13H,2-9H2,1H3. The van der Waals surface area contributed by atoms with E-state index in [1.54, 1.807) is 11.8 Å². The lowest BCUT2D eigenvalue weighted by Crippen LogP contribution is -2.25. The van der Waals surface area contributed by atoms with Gasteiger partial charge in [-0.15, -0.1) is 10.2 Å². The maximum Gasteiger partial charge on any atom is 0.191 e. The molecule has 0 spiro atoms. The van der Waals surface area contributed by atoms with Gasteiger partial charge in [0.05, 0.1) is 12.0 Å². The van der Waals surface area contributed by atoms with E-state index in [4.69, 9.17) is 0 Å². The van der Waals surface area contributed by atoms with Crippen LogP contribution in [-0.2, 0) is 13.0 Å². The van der Waals surface area contributed by atoms with Gasteiger partial charge in [0.25, 0.3) is 0 Å². The second-order valence-electron chi connectivity index (χ2n) is 6.17. The molecule has 20 heavy (non-hydrogen) atoms. The summed E-state index contributed by atoms with van der Waals surface area (Å²) in [6.07, 6.45) is 8.14. The molecule has 0 saturated heterocycles. The summed E-state index contributed by atoms with van der Waals surface area (Å²) in [6.45, 7) is 3.34. The van der Waals surface area contributed by atoms with Crippen LogP contribution in [0.25, 0.3) is 0 Å². The molecular weight excluding hydrogens is 268 g/mol. The second-order valence-corrected chi connectivity index (χ2v) is 7.38. The van der Waals surface area contributed by atoms with Crippen molar-refractivity contribution < 1.29 is 0 Å². The van der Waals surface area contributed by atoms with Crippen LogP contribution >= 0.6 is 11.8 Å². The highest BCUT2D eigenvalue weighted by Crippen LogP contribution is 2.39. The second kappa shape index (κ2) is 6.17. The summed E-state index contributed by atoms with van der Waals surface area (Å²) in [6, 6.07) is 2.50. The molecule has 0 aromatic carbocycles. The predicted molar refractivity (Wildman–Crippen MR) is 79.3 cm³/mol. The fraction of sp³-hybridized carbons (Fsp3) is 0.800. The monoisotopic (exact) mass is 290 g/mol. The summed E-state index contributed by atoms with van der Waals surface area (Å²) in [7, 11) is 0. The maximum atomic E-state index is 9.35. The highest BCUT2D eigenvalue weighted by Gasteiger charge is 2.31. The Balaban J connectivity index is 1.77. The Hall–Kier alpha value is -1.02. The van der Waals surface area contributed by atoms with E-state index in [1.165, 1.54) is 25.7 Å². The van der Waals surface area contributed by atoms with Gasteiger partial charge in [0.15, 0.2) is 5.16 Å². The average molecular weight is 290 g/mol. The van der Waals surface area contributed by atoms with E-state index >= 15 is 0 Å². The van der Waals surface area contributed by atoms with Gasteiger partial charge in [-0.05, 0) is 38.0 Å². The number of aryl methyl sites for hydroxylation is 1. The van der Waals surface area contributed by atoms with Gasteiger partial charge in [0.2, 0.25) is 0 Å². The van der Waals surface area contributed by atoms with Crippen LogP contribution < -0.4 is 0 Å². The third-order valence-corrected chi connectivity index (χ3v) is 5.89. The first-order chi connectivity index (χ1) is 9.78. The highest BCUT2D eigenvalue weighted by molar-refractivity contribution is 7.99. The fourth-order valence-corrected chi connectivity index (χ4v) is 4.76. The van der Waals surface area contributed by atoms with Crippen LogP contribution in [-0.4, -0.2) is 20.0 Å². The van der Waals surface area contributed by atoms with Gasteiger partial charge in [0, 0.05) is 18.2 Å². The summed E-state index contributed by atoms with van der Waals surface area (Å²) >= 11 is 1.80. The van der Waals surface area contributed by atoms with Crippen molar-refractivity contribution in [1.82, 2.24) is 14.8 Å². The number of hydrogen-bond acceptors (Lipinski definition) is 4. The molecule has 4 nitrogen and oxygen atoms in total. The van der Waals surface area contributed by atoms with E-state index in [0.29, 0.717) is 5.25 Å². The highest BCUT2D eigenvalue weighted by atomic mass is 32.2. The summed E-state index contributed by atoms with van der Waals surface area (Å²) < 4.78 is 2.30. The number of rotatable bonds is 2. The molecule has 0 amide bonds. The van der Waals surface area contributed by atoms with Crippen molar-refractivity contribution in [2.24, 2.45) is 11.8 Å². The molecule has 2 aliphatic rings. The summed E-state index contributed by atoms with van der Waals surface area (Å²) in [5, 5.41) is 19.5. The van der Waals surface area contributed by atoms with Crippen molar-refractivity contribution in [2.75, 3.05) is 0 Å². The third-order valence-electron chi connectivity index (χ3n) is 4.55. The SMILES string of the molecule is CC1CCC(C#N)C(Sc2nnc3n2CCCCC3)C1. The van der Waals surface area contributed by atoms with E-state index in [0.717, 1.165) is 42.7 Å². The van der Waals surface area contributed by atoms with E-state index in [2.05, 4.69) is 27.8 Å².